The number of phosphoric acid groups is 1. The lowest BCUT2D eigenvalue weighted by atomic mass is 10.1. The van der Waals surface area contributed by atoms with Crippen molar-refractivity contribution in [2.24, 2.45) is 0 Å². The zero-order valence-corrected chi connectivity index (χ0v) is 8.61. The van der Waals surface area contributed by atoms with Gasteiger partial charge in [-0.3, -0.25) is 9.32 Å². The molecular formula is C6H9O9P. The molecule has 1 heterocycles. The smallest absolute Gasteiger partial charge is 0.449 e. The van der Waals surface area contributed by atoms with E-state index in [2.05, 4.69) is 9.26 Å². The van der Waals surface area contributed by atoms with Gasteiger partial charge in [-0.05, 0) is 0 Å². The Morgan fingerprint density at radius 2 is 2.00 bits per heavy atom. The molecule has 9 nitrogen and oxygen atoms in total. The summed E-state index contributed by atoms with van der Waals surface area (Å²) in [5.41, 5.74) is 0. The molecule has 1 unspecified atom stereocenters. The van der Waals surface area contributed by atoms with Crippen molar-refractivity contribution in [1.29, 1.82) is 0 Å². The Morgan fingerprint density at radius 1 is 1.44 bits per heavy atom. The Hall–Kier alpha value is -0.830. The van der Waals surface area contributed by atoms with Crippen molar-refractivity contribution in [1.82, 2.24) is 0 Å². The van der Waals surface area contributed by atoms with E-state index in [4.69, 9.17) is 14.9 Å². The van der Waals surface area contributed by atoms with Crippen LogP contribution in [0.5, 0.6) is 0 Å². The van der Waals surface area contributed by atoms with Crippen LogP contribution in [0.4, 0.5) is 0 Å². The second-order valence-corrected chi connectivity index (χ2v) is 4.26. The van der Waals surface area contributed by atoms with Crippen LogP contribution in [0.15, 0.2) is 0 Å². The summed E-state index contributed by atoms with van der Waals surface area (Å²) in [6, 6.07) is 0. The van der Waals surface area contributed by atoms with Crippen molar-refractivity contribution >= 4 is 19.6 Å². The Bertz CT molecular complexity index is 346. The zero-order chi connectivity index (χ0) is 12.5. The topological polar surface area (TPSA) is 151 Å². The van der Waals surface area contributed by atoms with Gasteiger partial charge >= 0.3 is 13.8 Å². The molecule has 1 saturated heterocycles. The molecule has 92 valence electrons. The molecule has 0 amide bonds. The molecule has 3 atom stereocenters. The van der Waals surface area contributed by atoms with Crippen LogP contribution in [0, 0.1) is 0 Å². The largest absolute Gasteiger partial charge is 0.469 e. The van der Waals surface area contributed by atoms with Crippen LogP contribution in [-0.4, -0.2) is 56.7 Å². The van der Waals surface area contributed by atoms with E-state index in [1.165, 1.54) is 0 Å². The highest BCUT2D eigenvalue weighted by Crippen LogP contribution is 2.36. The van der Waals surface area contributed by atoms with E-state index in [9.17, 15) is 19.3 Å². The number of carbonyl (C=O) groups excluding carboxylic acids is 2. The number of hydrogen-bond donors (Lipinski definition) is 4. The average molecular weight is 256 g/mol. The molecule has 1 fully saturated rings. The van der Waals surface area contributed by atoms with Crippen LogP contribution in [0.25, 0.3) is 0 Å². The van der Waals surface area contributed by atoms with Gasteiger partial charge in [0.15, 0.2) is 6.10 Å². The zero-order valence-electron chi connectivity index (χ0n) is 7.72. The highest BCUT2D eigenvalue weighted by atomic mass is 31.2. The van der Waals surface area contributed by atoms with E-state index in [1.54, 1.807) is 0 Å². The standard InChI is InChI=1S/C6H9O9P/c7-2(1-14-16(11,12)13)5-3(8)4(9)6(10)15-5/h2,4-5,7,9H,1H2,(H2,11,12,13)/t2-,4?,5+/m0/s1. The molecule has 0 aromatic rings. The molecule has 0 radical (unpaired) electrons. The molecule has 0 aromatic heterocycles. The van der Waals surface area contributed by atoms with E-state index in [-0.39, 0.29) is 0 Å². The number of carbonyl (C=O) groups is 2. The molecule has 10 heteroatoms. The van der Waals surface area contributed by atoms with Crippen molar-refractivity contribution in [3.05, 3.63) is 0 Å². The molecule has 0 aromatic carbocycles. The highest BCUT2D eigenvalue weighted by Gasteiger charge is 2.46. The fraction of sp³-hybridized carbons (Fsp3) is 0.667. The number of ether oxygens (including phenoxy) is 1. The first-order chi connectivity index (χ1) is 7.22. The molecular weight excluding hydrogens is 247 g/mol. The number of cyclic esters (lactones) is 1. The van der Waals surface area contributed by atoms with Gasteiger partial charge in [-0.25, -0.2) is 9.36 Å². The molecule has 1 rings (SSSR count). The summed E-state index contributed by atoms with van der Waals surface area (Å²) in [6.07, 6.45) is -5.40. The number of ketones is 1. The maximum atomic E-state index is 11.1. The molecule has 0 saturated carbocycles. The predicted octanol–water partition coefficient (Wildman–Crippen LogP) is -2.69. The van der Waals surface area contributed by atoms with Crippen LogP contribution in [0.3, 0.4) is 0 Å². The maximum Gasteiger partial charge on any atom is 0.469 e. The van der Waals surface area contributed by atoms with E-state index in [0.717, 1.165) is 0 Å². The maximum absolute atomic E-state index is 11.1. The highest BCUT2D eigenvalue weighted by molar-refractivity contribution is 7.46. The molecule has 0 aliphatic carbocycles. The fourth-order valence-electron chi connectivity index (χ4n) is 1.05. The first-order valence-electron chi connectivity index (χ1n) is 4.03. The summed E-state index contributed by atoms with van der Waals surface area (Å²) in [4.78, 5) is 38.4. The molecule has 4 N–H and O–H groups in total. The summed E-state index contributed by atoms with van der Waals surface area (Å²) in [5, 5.41) is 18.1. The minimum Gasteiger partial charge on any atom is -0.449 e. The first kappa shape index (κ1) is 13.2. The van der Waals surface area contributed by atoms with Gasteiger partial charge in [0.2, 0.25) is 11.9 Å². The number of esters is 1. The van der Waals surface area contributed by atoms with Crippen LogP contribution in [0.1, 0.15) is 0 Å². The van der Waals surface area contributed by atoms with E-state index in [0.29, 0.717) is 0 Å². The average Bonchev–Trinajstić information content (AvgIpc) is 2.41. The van der Waals surface area contributed by atoms with Crippen LogP contribution in [0.2, 0.25) is 0 Å². The number of Topliss-reactive ketones (excluding diaryl/α,β-unsaturated/α-hetero) is 1. The van der Waals surface area contributed by atoms with Crippen molar-refractivity contribution in [2.45, 2.75) is 18.3 Å². The first-order valence-corrected chi connectivity index (χ1v) is 5.56. The predicted molar refractivity (Wildman–Crippen MR) is 44.9 cm³/mol. The number of hydrogen-bond acceptors (Lipinski definition) is 7. The van der Waals surface area contributed by atoms with E-state index in [1.807, 2.05) is 0 Å². The Kier molecular flexibility index (Phi) is 3.79. The van der Waals surface area contributed by atoms with Gasteiger partial charge in [-0.2, -0.15) is 0 Å². The molecule has 1 aliphatic heterocycles. The van der Waals surface area contributed by atoms with Gasteiger partial charge in [0.1, 0.15) is 6.10 Å². The van der Waals surface area contributed by atoms with Crippen molar-refractivity contribution in [3.8, 4) is 0 Å². The van der Waals surface area contributed by atoms with Crippen molar-refractivity contribution in [2.75, 3.05) is 6.61 Å². The molecule has 0 bridgehead atoms. The van der Waals surface area contributed by atoms with Gasteiger partial charge < -0.3 is 24.7 Å². The third kappa shape index (κ3) is 3.08. The molecule has 16 heavy (non-hydrogen) atoms. The van der Waals surface area contributed by atoms with Gasteiger partial charge in [0, 0.05) is 0 Å². The normalized spacial score (nSPS) is 28.0. The van der Waals surface area contributed by atoms with Gasteiger partial charge in [0.05, 0.1) is 6.61 Å². The minimum atomic E-state index is -4.78. The lowest BCUT2D eigenvalue weighted by molar-refractivity contribution is -0.151. The second kappa shape index (κ2) is 4.58. The third-order valence-corrected chi connectivity index (χ3v) is 2.26. The van der Waals surface area contributed by atoms with Gasteiger partial charge in [-0.15, -0.1) is 0 Å². The number of phosphoric ester groups is 1. The quantitative estimate of drug-likeness (QED) is 0.239. The fourth-order valence-corrected chi connectivity index (χ4v) is 1.40. The lowest BCUT2D eigenvalue weighted by Gasteiger charge is -2.15. The molecule has 1 aliphatic rings. The summed E-state index contributed by atoms with van der Waals surface area (Å²) in [5.74, 6) is -2.29. The Labute approximate surface area is 88.8 Å². The van der Waals surface area contributed by atoms with Crippen LogP contribution < -0.4 is 0 Å². The van der Waals surface area contributed by atoms with E-state index >= 15 is 0 Å². The van der Waals surface area contributed by atoms with E-state index < -0.39 is 44.5 Å². The van der Waals surface area contributed by atoms with Gasteiger partial charge in [-0.1, -0.05) is 0 Å². The van der Waals surface area contributed by atoms with Crippen LogP contribution >= 0.6 is 7.82 Å². The summed E-state index contributed by atoms with van der Waals surface area (Å²) < 4.78 is 18.5. The number of rotatable bonds is 4. The summed E-state index contributed by atoms with van der Waals surface area (Å²) in [7, 11) is -4.78. The van der Waals surface area contributed by atoms with Crippen molar-refractivity contribution < 1.29 is 43.4 Å². The molecule has 0 spiro atoms. The number of aliphatic hydroxyl groups excluding tert-OH is 2. The Morgan fingerprint density at radius 3 is 2.38 bits per heavy atom. The SMILES string of the molecule is O=C1O[C@H]([C@@H](O)COP(=O)(O)O)C(=O)C1O. The monoisotopic (exact) mass is 256 g/mol. The summed E-state index contributed by atoms with van der Waals surface area (Å²) >= 11 is 0. The third-order valence-electron chi connectivity index (χ3n) is 1.78. The van der Waals surface area contributed by atoms with Crippen molar-refractivity contribution in [3.63, 3.8) is 0 Å². The van der Waals surface area contributed by atoms with Gasteiger partial charge in [0.25, 0.3) is 0 Å². The Balaban J connectivity index is 2.56. The van der Waals surface area contributed by atoms with Crippen LogP contribution in [-0.2, 0) is 23.4 Å². The number of aliphatic hydroxyl groups is 2. The lowest BCUT2D eigenvalue weighted by Crippen LogP contribution is -2.37. The second-order valence-electron chi connectivity index (χ2n) is 3.02. The summed E-state index contributed by atoms with van der Waals surface area (Å²) in [6.45, 7) is -0.902. The minimum absolute atomic E-state index is 0.902.